The number of hydrogen-bond donors (Lipinski definition) is 1. The minimum absolute atomic E-state index is 0.00834. The molecule has 0 bridgehead atoms. The van der Waals surface area contributed by atoms with Crippen molar-refractivity contribution in [3.8, 4) is 0 Å². The van der Waals surface area contributed by atoms with Gasteiger partial charge in [0.2, 0.25) is 0 Å². The van der Waals surface area contributed by atoms with E-state index < -0.39 is 29.5 Å². The molecule has 31 heavy (non-hydrogen) atoms. The summed E-state index contributed by atoms with van der Waals surface area (Å²) < 4.78 is 13.9. The third kappa shape index (κ3) is 3.66. The summed E-state index contributed by atoms with van der Waals surface area (Å²) >= 11 is 0. The number of hydroxylamine groups is 2. The van der Waals surface area contributed by atoms with Crippen molar-refractivity contribution in [3.63, 3.8) is 0 Å². The minimum Gasteiger partial charge on any atom is -0.324 e. The van der Waals surface area contributed by atoms with Crippen LogP contribution in [0, 0.1) is 12.7 Å². The van der Waals surface area contributed by atoms with Crippen molar-refractivity contribution in [1.29, 1.82) is 0 Å². The zero-order valence-electron chi connectivity index (χ0n) is 16.2. The quantitative estimate of drug-likeness (QED) is 0.652. The Balaban J connectivity index is 1.54. The molecular formula is C23H15FN2O5. The molecule has 0 atom stereocenters. The Morgan fingerprint density at radius 1 is 0.903 bits per heavy atom. The second kappa shape index (κ2) is 7.83. The van der Waals surface area contributed by atoms with Crippen LogP contribution in [-0.4, -0.2) is 28.8 Å². The number of aryl methyl sites for hydroxylation is 1. The number of nitrogens with zero attached hydrogens (tertiary/aromatic N) is 1. The van der Waals surface area contributed by atoms with E-state index in [2.05, 4.69) is 5.32 Å². The van der Waals surface area contributed by atoms with E-state index in [9.17, 15) is 23.6 Å². The van der Waals surface area contributed by atoms with Gasteiger partial charge < -0.3 is 10.2 Å². The van der Waals surface area contributed by atoms with Crippen molar-refractivity contribution in [2.75, 3.05) is 5.32 Å². The zero-order chi connectivity index (χ0) is 22.1. The second-order valence-electron chi connectivity index (χ2n) is 6.79. The third-order valence-corrected chi connectivity index (χ3v) is 4.77. The molecule has 0 aromatic heterocycles. The molecule has 8 heteroatoms. The molecule has 0 radical (unpaired) electrons. The van der Waals surface area contributed by atoms with Gasteiger partial charge in [0, 0.05) is 5.69 Å². The smallest absolute Gasteiger partial charge is 0.324 e. The third-order valence-electron chi connectivity index (χ3n) is 4.77. The fourth-order valence-electron chi connectivity index (χ4n) is 3.10. The molecule has 0 aliphatic carbocycles. The molecule has 3 aromatic carbocycles. The van der Waals surface area contributed by atoms with E-state index in [1.807, 2.05) is 0 Å². The van der Waals surface area contributed by atoms with Crippen LogP contribution in [0.3, 0.4) is 0 Å². The van der Waals surface area contributed by atoms with Crippen LogP contribution in [0.2, 0.25) is 0 Å². The zero-order valence-corrected chi connectivity index (χ0v) is 16.2. The highest BCUT2D eigenvalue weighted by molar-refractivity contribution is 6.21. The summed E-state index contributed by atoms with van der Waals surface area (Å²) in [5.41, 5.74) is 0.989. The molecule has 4 rings (SSSR count). The van der Waals surface area contributed by atoms with E-state index in [1.165, 1.54) is 42.5 Å². The Labute approximate surface area is 176 Å². The number of fused-ring (bicyclic) bond motifs is 1. The van der Waals surface area contributed by atoms with Crippen molar-refractivity contribution in [2.24, 2.45) is 0 Å². The largest absolute Gasteiger partial charge is 0.364 e. The van der Waals surface area contributed by atoms with Crippen LogP contribution in [-0.2, 0) is 4.84 Å². The highest BCUT2D eigenvalue weighted by atomic mass is 19.1. The molecule has 154 valence electrons. The number of benzene rings is 3. The molecule has 3 aromatic rings. The van der Waals surface area contributed by atoms with E-state index in [0.717, 1.165) is 6.07 Å². The van der Waals surface area contributed by atoms with Gasteiger partial charge in [-0.15, -0.1) is 0 Å². The summed E-state index contributed by atoms with van der Waals surface area (Å²) in [5, 5.41) is 2.96. The first-order valence-electron chi connectivity index (χ1n) is 9.23. The highest BCUT2D eigenvalue weighted by Gasteiger charge is 2.38. The fourth-order valence-corrected chi connectivity index (χ4v) is 3.10. The lowest BCUT2D eigenvalue weighted by molar-refractivity contribution is -0.0584. The first kappa shape index (κ1) is 20.0. The van der Waals surface area contributed by atoms with Crippen LogP contribution >= 0.6 is 0 Å². The monoisotopic (exact) mass is 418 g/mol. The van der Waals surface area contributed by atoms with Crippen LogP contribution in [0.4, 0.5) is 10.1 Å². The average Bonchev–Trinajstić information content (AvgIpc) is 3.00. The topological polar surface area (TPSA) is 92.8 Å². The Morgan fingerprint density at radius 3 is 2.16 bits per heavy atom. The van der Waals surface area contributed by atoms with Gasteiger partial charge in [0.05, 0.1) is 22.3 Å². The summed E-state index contributed by atoms with van der Waals surface area (Å²) in [4.78, 5) is 54.7. The average molecular weight is 418 g/mol. The van der Waals surface area contributed by atoms with Gasteiger partial charge in [-0.1, -0.05) is 35.4 Å². The van der Waals surface area contributed by atoms with E-state index in [-0.39, 0.29) is 27.9 Å². The standard InChI is InChI=1S/C23H15FN2O5/c1-13-10-11-14(12-19(13)25-20(27)17-8-4-5-9-18(17)24)23(30)31-26-21(28)15-6-2-3-7-16(15)22(26)29/h2-12H,1H3,(H,25,27). The van der Waals surface area contributed by atoms with Gasteiger partial charge in [-0.2, -0.15) is 0 Å². The van der Waals surface area contributed by atoms with E-state index >= 15 is 0 Å². The van der Waals surface area contributed by atoms with Crippen LogP contribution in [0.5, 0.6) is 0 Å². The van der Waals surface area contributed by atoms with Crippen molar-refractivity contribution in [3.05, 3.63) is 100 Å². The van der Waals surface area contributed by atoms with Crippen molar-refractivity contribution < 1.29 is 28.4 Å². The van der Waals surface area contributed by atoms with Crippen molar-refractivity contribution >= 4 is 29.4 Å². The van der Waals surface area contributed by atoms with Gasteiger partial charge >= 0.3 is 5.97 Å². The molecule has 1 N–H and O–H groups in total. The molecule has 0 spiro atoms. The van der Waals surface area contributed by atoms with E-state index in [0.29, 0.717) is 10.6 Å². The highest BCUT2D eigenvalue weighted by Crippen LogP contribution is 2.24. The molecule has 1 aliphatic heterocycles. The molecule has 1 aliphatic rings. The first-order valence-corrected chi connectivity index (χ1v) is 9.23. The maximum absolute atomic E-state index is 13.9. The number of rotatable bonds is 4. The maximum Gasteiger partial charge on any atom is 0.364 e. The number of nitrogens with one attached hydrogen (secondary N) is 1. The van der Waals surface area contributed by atoms with Crippen LogP contribution < -0.4 is 5.32 Å². The lowest BCUT2D eigenvalue weighted by Gasteiger charge is -2.14. The Kier molecular flexibility index (Phi) is 5.04. The first-order chi connectivity index (χ1) is 14.9. The van der Waals surface area contributed by atoms with Gasteiger partial charge in [0.25, 0.3) is 17.7 Å². The summed E-state index contributed by atoms with van der Waals surface area (Å²) in [6.07, 6.45) is 0. The lowest BCUT2D eigenvalue weighted by Crippen LogP contribution is -2.32. The fraction of sp³-hybridized carbons (Fsp3) is 0.0435. The number of anilines is 1. The Hall–Kier alpha value is -4.33. The van der Waals surface area contributed by atoms with Crippen molar-refractivity contribution in [1.82, 2.24) is 5.06 Å². The molecule has 0 unspecified atom stereocenters. The number of carbonyl (C=O) groups is 4. The minimum atomic E-state index is -0.962. The molecular weight excluding hydrogens is 403 g/mol. The van der Waals surface area contributed by atoms with Crippen LogP contribution in [0.25, 0.3) is 0 Å². The number of halogens is 1. The summed E-state index contributed by atoms with van der Waals surface area (Å²) in [6, 6.07) is 15.9. The summed E-state index contributed by atoms with van der Waals surface area (Å²) in [6.45, 7) is 1.69. The lowest BCUT2D eigenvalue weighted by atomic mass is 10.1. The normalized spacial score (nSPS) is 12.5. The maximum atomic E-state index is 13.9. The van der Waals surface area contributed by atoms with Gasteiger partial charge in [-0.3, -0.25) is 14.4 Å². The van der Waals surface area contributed by atoms with Gasteiger partial charge in [0.15, 0.2) is 0 Å². The SMILES string of the molecule is Cc1ccc(C(=O)ON2C(=O)c3ccccc3C2=O)cc1NC(=O)c1ccccc1F. The van der Waals surface area contributed by atoms with Gasteiger partial charge in [-0.25, -0.2) is 9.18 Å². The number of hydrogen-bond acceptors (Lipinski definition) is 5. The van der Waals surface area contributed by atoms with E-state index in [1.54, 1.807) is 25.1 Å². The van der Waals surface area contributed by atoms with Crippen LogP contribution in [0.1, 0.15) is 47.0 Å². The van der Waals surface area contributed by atoms with Gasteiger partial charge in [-0.05, 0) is 48.9 Å². The predicted octanol–water partition coefficient (Wildman–Crippen LogP) is 3.75. The Morgan fingerprint density at radius 2 is 1.52 bits per heavy atom. The number of carbonyl (C=O) groups excluding carboxylic acids is 4. The molecule has 0 saturated carbocycles. The number of imide groups is 1. The van der Waals surface area contributed by atoms with Crippen molar-refractivity contribution in [2.45, 2.75) is 6.92 Å². The molecule has 0 saturated heterocycles. The summed E-state index contributed by atoms with van der Waals surface area (Å²) in [7, 11) is 0. The second-order valence-corrected chi connectivity index (χ2v) is 6.79. The number of amides is 3. The van der Waals surface area contributed by atoms with Crippen LogP contribution in [0.15, 0.2) is 66.7 Å². The summed E-state index contributed by atoms with van der Waals surface area (Å²) in [5.74, 6) is -3.81. The van der Waals surface area contributed by atoms with E-state index in [4.69, 9.17) is 4.84 Å². The molecule has 3 amide bonds. The van der Waals surface area contributed by atoms with Gasteiger partial charge in [0.1, 0.15) is 5.82 Å². The Bertz CT molecular complexity index is 1220. The predicted molar refractivity (Wildman–Crippen MR) is 108 cm³/mol. The molecule has 7 nitrogen and oxygen atoms in total. The molecule has 1 heterocycles. The molecule has 0 fully saturated rings.